The molecule has 0 spiro atoms. The standard InChI is InChI=1S/C13H24N2O4/c1-4-19-13(18)14-11-5-10(9(2)3)6-15(7-11)8-12(16)17/h9-11H,4-8H2,1-3H3,(H,14,18)(H,16,17). The Morgan fingerprint density at radius 3 is 2.63 bits per heavy atom. The lowest BCUT2D eigenvalue weighted by atomic mass is 9.85. The van der Waals surface area contributed by atoms with Gasteiger partial charge in [-0.05, 0) is 25.2 Å². The van der Waals surface area contributed by atoms with Gasteiger partial charge < -0.3 is 15.2 Å². The smallest absolute Gasteiger partial charge is 0.407 e. The number of piperidine rings is 1. The van der Waals surface area contributed by atoms with E-state index in [2.05, 4.69) is 19.2 Å². The summed E-state index contributed by atoms with van der Waals surface area (Å²) in [6.07, 6.45) is 0.444. The van der Waals surface area contributed by atoms with Crippen molar-refractivity contribution in [2.24, 2.45) is 11.8 Å². The summed E-state index contributed by atoms with van der Waals surface area (Å²) in [4.78, 5) is 24.2. The van der Waals surface area contributed by atoms with Crippen molar-refractivity contribution in [3.8, 4) is 0 Å². The minimum absolute atomic E-state index is 0.0181. The lowest BCUT2D eigenvalue weighted by Gasteiger charge is -2.38. The molecule has 1 rings (SSSR count). The molecule has 6 nitrogen and oxygen atoms in total. The Hall–Kier alpha value is -1.30. The topological polar surface area (TPSA) is 78.9 Å². The Kier molecular flexibility index (Phi) is 6.08. The van der Waals surface area contributed by atoms with Crippen molar-refractivity contribution in [2.75, 3.05) is 26.2 Å². The third-order valence-corrected chi connectivity index (χ3v) is 3.46. The maximum absolute atomic E-state index is 11.4. The summed E-state index contributed by atoms with van der Waals surface area (Å²) in [6.45, 7) is 7.69. The molecule has 1 aliphatic rings. The number of likely N-dealkylation sites (tertiary alicyclic amines) is 1. The number of aliphatic carboxylic acids is 1. The molecule has 0 aromatic carbocycles. The van der Waals surface area contributed by atoms with E-state index in [9.17, 15) is 9.59 Å². The molecule has 1 fully saturated rings. The van der Waals surface area contributed by atoms with Crippen LogP contribution in [0.25, 0.3) is 0 Å². The number of carbonyl (C=O) groups excluding carboxylic acids is 1. The molecule has 2 atom stereocenters. The van der Waals surface area contributed by atoms with Crippen LogP contribution >= 0.6 is 0 Å². The molecule has 2 unspecified atom stereocenters. The molecule has 1 aliphatic heterocycles. The average molecular weight is 272 g/mol. The van der Waals surface area contributed by atoms with Gasteiger partial charge in [-0.2, -0.15) is 0 Å². The number of hydrogen-bond acceptors (Lipinski definition) is 4. The number of nitrogens with zero attached hydrogens (tertiary/aromatic N) is 1. The van der Waals surface area contributed by atoms with Crippen molar-refractivity contribution >= 4 is 12.1 Å². The highest BCUT2D eigenvalue weighted by molar-refractivity contribution is 5.69. The van der Waals surface area contributed by atoms with Crippen molar-refractivity contribution in [2.45, 2.75) is 33.2 Å². The van der Waals surface area contributed by atoms with Crippen molar-refractivity contribution in [1.29, 1.82) is 0 Å². The zero-order chi connectivity index (χ0) is 14.4. The van der Waals surface area contributed by atoms with E-state index in [4.69, 9.17) is 9.84 Å². The minimum Gasteiger partial charge on any atom is -0.480 e. The molecule has 0 bridgehead atoms. The summed E-state index contributed by atoms with van der Waals surface area (Å²) >= 11 is 0. The van der Waals surface area contributed by atoms with Crippen molar-refractivity contribution in [3.63, 3.8) is 0 Å². The second kappa shape index (κ2) is 7.33. The number of carboxylic acids is 1. The summed E-state index contributed by atoms with van der Waals surface area (Å²) < 4.78 is 4.87. The van der Waals surface area contributed by atoms with Crippen molar-refractivity contribution in [1.82, 2.24) is 10.2 Å². The quantitative estimate of drug-likeness (QED) is 0.785. The molecule has 0 saturated carbocycles. The van der Waals surface area contributed by atoms with Crippen LogP contribution in [0.4, 0.5) is 4.79 Å². The second-order valence-electron chi connectivity index (χ2n) is 5.39. The molecule has 2 N–H and O–H groups in total. The molecule has 1 amide bonds. The number of amides is 1. The van der Waals surface area contributed by atoms with E-state index in [0.717, 1.165) is 13.0 Å². The monoisotopic (exact) mass is 272 g/mol. The van der Waals surface area contributed by atoms with Gasteiger partial charge in [0.15, 0.2) is 0 Å². The molecular weight excluding hydrogens is 248 g/mol. The summed E-state index contributed by atoms with van der Waals surface area (Å²) in [5, 5.41) is 11.7. The van der Waals surface area contributed by atoms with Gasteiger partial charge in [0.05, 0.1) is 13.2 Å². The van der Waals surface area contributed by atoms with Gasteiger partial charge >= 0.3 is 12.1 Å². The van der Waals surface area contributed by atoms with Crippen molar-refractivity contribution < 1.29 is 19.4 Å². The normalized spacial score (nSPS) is 24.2. The fourth-order valence-corrected chi connectivity index (χ4v) is 2.48. The van der Waals surface area contributed by atoms with Crippen LogP contribution in [0.1, 0.15) is 27.2 Å². The van der Waals surface area contributed by atoms with E-state index < -0.39 is 12.1 Å². The van der Waals surface area contributed by atoms with E-state index in [-0.39, 0.29) is 12.6 Å². The van der Waals surface area contributed by atoms with Gasteiger partial charge in [-0.3, -0.25) is 9.69 Å². The molecule has 0 aromatic heterocycles. The zero-order valence-corrected chi connectivity index (χ0v) is 11.9. The first-order valence-corrected chi connectivity index (χ1v) is 6.79. The number of carbonyl (C=O) groups is 2. The van der Waals surface area contributed by atoms with Gasteiger partial charge in [-0.15, -0.1) is 0 Å². The van der Waals surface area contributed by atoms with E-state index in [1.807, 2.05) is 4.90 Å². The third kappa shape index (κ3) is 5.46. The zero-order valence-electron chi connectivity index (χ0n) is 11.9. The Labute approximate surface area is 114 Å². The summed E-state index contributed by atoms with van der Waals surface area (Å²) in [6, 6.07) is -0.0421. The number of nitrogens with one attached hydrogen (secondary N) is 1. The Morgan fingerprint density at radius 2 is 2.11 bits per heavy atom. The number of rotatable bonds is 5. The molecule has 0 aromatic rings. The fraction of sp³-hybridized carbons (Fsp3) is 0.846. The molecular formula is C13H24N2O4. The van der Waals surface area contributed by atoms with Crippen LogP contribution in [0.15, 0.2) is 0 Å². The molecule has 0 aliphatic carbocycles. The number of alkyl carbamates (subject to hydrolysis) is 1. The highest BCUT2D eigenvalue weighted by Gasteiger charge is 2.30. The maximum Gasteiger partial charge on any atom is 0.407 e. The predicted octanol–water partition coefficient (Wildman–Crippen LogP) is 1.16. The molecule has 1 heterocycles. The van der Waals surface area contributed by atoms with Crippen LogP contribution in [0.3, 0.4) is 0 Å². The van der Waals surface area contributed by atoms with Crippen LogP contribution in [0, 0.1) is 11.8 Å². The maximum atomic E-state index is 11.4. The van der Waals surface area contributed by atoms with E-state index in [1.54, 1.807) is 6.92 Å². The number of carboxylic acid groups (broad SMARTS) is 1. The van der Waals surface area contributed by atoms with E-state index in [1.165, 1.54) is 0 Å². The second-order valence-corrected chi connectivity index (χ2v) is 5.39. The highest BCUT2D eigenvalue weighted by Crippen LogP contribution is 2.23. The molecule has 6 heteroatoms. The Morgan fingerprint density at radius 1 is 1.42 bits per heavy atom. The predicted molar refractivity (Wildman–Crippen MR) is 71.0 cm³/mol. The SMILES string of the molecule is CCOC(=O)NC1CC(C(C)C)CN(CC(=O)O)C1. The first kappa shape index (κ1) is 15.8. The van der Waals surface area contributed by atoms with Crippen LogP contribution < -0.4 is 5.32 Å². The van der Waals surface area contributed by atoms with Crippen LogP contribution in [0.5, 0.6) is 0 Å². The lowest BCUT2D eigenvalue weighted by molar-refractivity contribution is -0.139. The number of ether oxygens (including phenoxy) is 1. The average Bonchev–Trinajstić information content (AvgIpc) is 2.27. The van der Waals surface area contributed by atoms with Crippen LogP contribution in [0.2, 0.25) is 0 Å². The summed E-state index contributed by atoms with van der Waals surface area (Å²) in [5.41, 5.74) is 0. The highest BCUT2D eigenvalue weighted by atomic mass is 16.5. The minimum atomic E-state index is -0.834. The first-order chi connectivity index (χ1) is 8.92. The molecule has 110 valence electrons. The third-order valence-electron chi connectivity index (χ3n) is 3.46. The largest absolute Gasteiger partial charge is 0.480 e. The Bertz CT molecular complexity index is 320. The molecule has 1 saturated heterocycles. The summed E-state index contributed by atoms with van der Waals surface area (Å²) in [7, 11) is 0. The van der Waals surface area contributed by atoms with Crippen LogP contribution in [-0.2, 0) is 9.53 Å². The van der Waals surface area contributed by atoms with Gasteiger partial charge in [0.25, 0.3) is 0 Å². The van der Waals surface area contributed by atoms with E-state index in [0.29, 0.717) is 25.0 Å². The van der Waals surface area contributed by atoms with Gasteiger partial charge in [0, 0.05) is 19.1 Å². The van der Waals surface area contributed by atoms with E-state index >= 15 is 0 Å². The van der Waals surface area contributed by atoms with Gasteiger partial charge in [0.1, 0.15) is 0 Å². The number of hydrogen-bond donors (Lipinski definition) is 2. The lowest BCUT2D eigenvalue weighted by Crippen LogP contribution is -2.52. The molecule has 0 radical (unpaired) electrons. The van der Waals surface area contributed by atoms with Gasteiger partial charge in [0.2, 0.25) is 0 Å². The first-order valence-electron chi connectivity index (χ1n) is 6.79. The van der Waals surface area contributed by atoms with Gasteiger partial charge in [-0.1, -0.05) is 13.8 Å². The molecule has 19 heavy (non-hydrogen) atoms. The van der Waals surface area contributed by atoms with Crippen molar-refractivity contribution in [3.05, 3.63) is 0 Å². The Balaban J connectivity index is 2.59. The van der Waals surface area contributed by atoms with Crippen LogP contribution in [-0.4, -0.2) is 54.4 Å². The summed E-state index contributed by atoms with van der Waals surface area (Å²) in [5.74, 6) is 0.0161. The van der Waals surface area contributed by atoms with Gasteiger partial charge in [-0.25, -0.2) is 4.79 Å². The fourth-order valence-electron chi connectivity index (χ4n) is 2.48.